The van der Waals surface area contributed by atoms with Crippen molar-refractivity contribution in [1.82, 2.24) is 10.2 Å². The Morgan fingerprint density at radius 2 is 1.82 bits per heavy atom. The van der Waals surface area contributed by atoms with Crippen molar-refractivity contribution >= 4 is 0 Å². The van der Waals surface area contributed by atoms with Crippen molar-refractivity contribution in [3.8, 4) is 0 Å². The summed E-state index contributed by atoms with van der Waals surface area (Å²) >= 11 is 0. The average Bonchev–Trinajstić information content (AvgIpc) is 2.80. The summed E-state index contributed by atoms with van der Waals surface area (Å²) in [5.41, 5.74) is 0.290. The molecule has 2 nitrogen and oxygen atoms in total. The molecule has 2 heteroatoms. The van der Waals surface area contributed by atoms with Gasteiger partial charge in [0.15, 0.2) is 0 Å². The normalized spacial score (nSPS) is 22.9. The topological polar surface area (TPSA) is 15.3 Å². The van der Waals surface area contributed by atoms with E-state index in [0.29, 0.717) is 11.6 Å². The predicted molar refractivity (Wildman–Crippen MR) is 76.4 cm³/mol. The van der Waals surface area contributed by atoms with Gasteiger partial charge in [-0.1, -0.05) is 39.5 Å². The Bertz CT molecular complexity index is 209. The Balaban J connectivity index is 2.67. The number of hydrogen-bond acceptors (Lipinski definition) is 2. The van der Waals surface area contributed by atoms with Gasteiger partial charge in [-0.15, -0.1) is 0 Å². The number of likely N-dealkylation sites (N-methyl/N-ethyl adjacent to an activating group) is 2. The molecule has 0 aliphatic heterocycles. The molecule has 0 bridgehead atoms. The smallest absolute Gasteiger partial charge is 0.0325 e. The Kier molecular flexibility index (Phi) is 5.94. The molecule has 1 saturated carbocycles. The van der Waals surface area contributed by atoms with Crippen molar-refractivity contribution in [1.29, 1.82) is 0 Å². The number of nitrogens with zero attached hydrogens (tertiary/aromatic N) is 1. The molecule has 17 heavy (non-hydrogen) atoms. The number of hydrogen-bond donors (Lipinski definition) is 1. The summed E-state index contributed by atoms with van der Waals surface area (Å²) in [6.07, 6.45) is 8.38. The summed E-state index contributed by atoms with van der Waals surface area (Å²) in [4.78, 5) is 2.41. The van der Waals surface area contributed by atoms with Gasteiger partial charge in [-0.3, -0.25) is 0 Å². The number of rotatable bonds is 7. The van der Waals surface area contributed by atoms with Gasteiger partial charge in [-0.05, 0) is 46.3 Å². The van der Waals surface area contributed by atoms with Crippen LogP contribution in [0.4, 0.5) is 0 Å². The van der Waals surface area contributed by atoms with Gasteiger partial charge in [-0.2, -0.15) is 0 Å². The second-order valence-electron chi connectivity index (χ2n) is 6.10. The zero-order chi connectivity index (χ0) is 12.9. The molecule has 1 fully saturated rings. The van der Waals surface area contributed by atoms with Gasteiger partial charge in [0, 0.05) is 11.6 Å². The van der Waals surface area contributed by atoms with Gasteiger partial charge in [0.25, 0.3) is 0 Å². The first-order chi connectivity index (χ1) is 8.04. The van der Waals surface area contributed by atoms with Gasteiger partial charge in [0.05, 0.1) is 0 Å². The monoisotopic (exact) mass is 240 g/mol. The van der Waals surface area contributed by atoms with Crippen LogP contribution in [0.2, 0.25) is 0 Å². The molecule has 0 spiro atoms. The van der Waals surface area contributed by atoms with E-state index < -0.39 is 0 Å². The Labute approximate surface area is 108 Å². The lowest BCUT2D eigenvalue weighted by atomic mass is 9.82. The molecule has 0 radical (unpaired) electrons. The first-order valence-electron chi connectivity index (χ1n) is 7.45. The zero-order valence-corrected chi connectivity index (χ0v) is 12.6. The van der Waals surface area contributed by atoms with Crippen LogP contribution < -0.4 is 5.32 Å². The van der Waals surface area contributed by atoms with Crippen LogP contribution in [0.3, 0.4) is 0 Å². The van der Waals surface area contributed by atoms with Gasteiger partial charge in [0.1, 0.15) is 0 Å². The lowest BCUT2D eigenvalue weighted by Crippen LogP contribution is -2.57. The number of nitrogens with one attached hydrogen (secondary N) is 1. The fourth-order valence-electron chi connectivity index (χ4n) is 3.26. The maximum atomic E-state index is 3.74. The Hall–Kier alpha value is -0.0800. The molecule has 0 aromatic rings. The molecular weight excluding hydrogens is 208 g/mol. The fraction of sp³-hybridized carbons (Fsp3) is 1.00. The maximum absolute atomic E-state index is 3.74. The standard InChI is InChI=1S/C15H32N2/c1-6-15(3,17(4)5)14(16-7-2)12-13-10-8-9-11-13/h13-14,16H,6-12H2,1-5H3. The average molecular weight is 240 g/mol. The fourth-order valence-corrected chi connectivity index (χ4v) is 3.26. The molecule has 1 N–H and O–H groups in total. The van der Waals surface area contributed by atoms with Crippen LogP contribution in [0.25, 0.3) is 0 Å². The van der Waals surface area contributed by atoms with Crippen molar-refractivity contribution < 1.29 is 0 Å². The van der Waals surface area contributed by atoms with E-state index in [1.165, 1.54) is 38.5 Å². The minimum absolute atomic E-state index is 0.290. The molecule has 1 aliphatic rings. The highest BCUT2D eigenvalue weighted by molar-refractivity contribution is 4.95. The van der Waals surface area contributed by atoms with Crippen LogP contribution in [0.1, 0.15) is 59.3 Å². The summed E-state index contributed by atoms with van der Waals surface area (Å²) in [6, 6.07) is 0.635. The molecule has 1 aliphatic carbocycles. The lowest BCUT2D eigenvalue weighted by Gasteiger charge is -2.44. The molecule has 0 heterocycles. The second kappa shape index (κ2) is 6.75. The first kappa shape index (κ1) is 15.0. The molecule has 1 rings (SSSR count). The van der Waals surface area contributed by atoms with Crippen LogP contribution >= 0.6 is 0 Å². The van der Waals surface area contributed by atoms with Crippen LogP contribution in [0, 0.1) is 5.92 Å². The first-order valence-corrected chi connectivity index (χ1v) is 7.45. The third-order valence-electron chi connectivity index (χ3n) is 4.98. The SMILES string of the molecule is CCNC(CC1CCCC1)C(C)(CC)N(C)C. The van der Waals surface area contributed by atoms with Crippen LogP contribution in [0.15, 0.2) is 0 Å². The van der Waals surface area contributed by atoms with Crippen molar-refractivity contribution in [3.63, 3.8) is 0 Å². The molecule has 0 saturated heterocycles. The summed E-state index contributed by atoms with van der Waals surface area (Å²) in [7, 11) is 4.45. The van der Waals surface area contributed by atoms with Crippen molar-refractivity contribution in [3.05, 3.63) is 0 Å². The van der Waals surface area contributed by atoms with E-state index in [1.807, 2.05) is 0 Å². The van der Waals surface area contributed by atoms with Crippen LogP contribution in [-0.2, 0) is 0 Å². The van der Waals surface area contributed by atoms with Crippen molar-refractivity contribution in [2.24, 2.45) is 5.92 Å². The van der Waals surface area contributed by atoms with E-state index in [1.54, 1.807) is 0 Å². The van der Waals surface area contributed by atoms with Crippen molar-refractivity contribution in [2.75, 3.05) is 20.6 Å². The highest BCUT2D eigenvalue weighted by atomic mass is 15.2. The largest absolute Gasteiger partial charge is 0.312 e. The lowest BCUT2D eigenvalue weighted by molar-refractivity contribution is 0.0994. The summed E-state index contributed by atoms with van der Waals surface area (Å²) in [5.74, 6) is 0.963. The van der Waals surface area contributed by atoms with Gasteiger partial charge < -0.3 is 10.2 Å². The summed E-state index contributed by atoms with van der Waals surface area (Å²) in [5, 5.41) is 3.74. The molecule has 2 atom stereocenters. The summed E-state index contributed by atoms with van der Waals surface area (Å²) in [6.45, 7) is 8.04. The zero-order valence-electron chi connectivity index (χ0n) is 12.6. The van der Waals surface area contributed by atoms with E-state index in [-0.39, 0.29) is 0 Å². The summed E-state index contributed by atoms with van der Waals surface area (Å²) < 4.78 is 0. The molecule has 0 aromatic carbocycles. The van der Waals surface area contributed by atoms with Gasteiger partial charge in [0.2, 0.25) is 0 Å². The molecule has 2 unspecified atom stereocenters. The Morgan fingerprint density at radius 1 is 1.24 bits per heavy atom. The molecular formula is C15H32N2. The van der Waals surface area contributed by atoms with E-state index in [0.717, 1.165) is 12.5 Å². The minimum Gasteiger partial charge on any atom is -0.312 e. The molecule has 102 valence electrons. The highest BCUT2D eigenvalue weighted by Crippen LogP contribution is 2.33. The highest BCUT2D eigenvalue weighted by Gasteiger charge is 2.35. The predicted octanol–water partition coefficient (Wildman–Crippen LogP) is 3.28. The third-order valence-corrected chi connectivity index (χ3v) is 4.98. The van der Waals surface area contributed by atoms with E-state index in [4.69, 9.17) is 0 Å². The van der Waals surface area contributed by atoms with Gasteiger partial charge >= 0.3 is 0 Å². The van der Waals surface area contributed by atoms with E-state index >= 15 is 0 Å². The quantitative estimate of drug-likeness (QED) is 0.735. The molecule has 0 amide bonds. The van der Waals surface area contributed by atoms with Crippen LogP contribution in [-0.4, -0.2) is 37.1 Å². The second-order valence-corrected chi connectivity index (χ2v) is 6.10. The van der Waals surface area contributed by atoms with E-state index in [9.17, 15) is 0 Å². The Morgan fingerprint density at radius 3 is 2.24 bits per heavy atom. The van der Waals surface area contributed by atoms with Gasteiger partial charge in [-0.25, -0.2) is 0 Å². The third kappa shape index (κ3) is 3.69. The van der Waals surface area contributed by atoms with E-state index in [2.05, 4.69) is 45.1 Å². The molecule has 0 aromatic heterocycles. The van der Waals surface area contributed by atoms with Crippen molar-refractivity contribution in [2.45, 2.75) is 70.9 Å². The van der Waals surface area contributed by atoms with Crippen LogP contribution in [0.5, 0.6) is 0 Å². The minimum atomic E-state index is 0.290. The maximum Gasteiger partial charge on any atom is 0.0325 e.